The summed E-state index contributed by atoms with van der Waals surface area (Å²) in [5, 5.41) is 0. The van der Waals surface area contributed by atoms with Crippen LogP contribution in [0.2, 0.25) is 0 Å². The van der Waals surface area contributed by atoms with Crippen LogP contribution in [0.25, 0.3) is 0 Å². The fourth-order valence-electron chi connectivity index (χ4n) is 1.93. The normalized spacial score (nSPS) is 12.3. The molecule has 0 aromatic heterocycles. The zero-order valence-corrected chi connectivity index (χ0v) is 13.9. The third-order valence-electron chi connectivity index (χ3n) is 3.12. The lowest BCUT2D eigenvalue weighted by Gasteiger charge is -2.16. The summed E-state index contributed by atoms with van der Waals surface area (Å²) >= 11 is 5.38. The lowest BCUT2D eigenvalue weighted by atomic mass is 10.1. The van der Waals surface area contributed by atoms with E-state index >= 15 is 0 Å². The van der Waals surface area contributed by atoms with Gasteiger partial charge in [-0.25, -0.2) is 0 Å². The predicted octanol–water partition coefficient (Wildman–Crippen LogP) is 3.92. The summed E-state index contributed by atoms with van der Waals surface area (Å²) in [6, 6.07) is 17.1. The summed E-state index contributed by atoms with van der Waals surface area (Å²) in [6.07, 6.45) is 0.939. The number of halogens is 1. The molecular weight excluding hydrogens is 332 g/mol. The van der Waals surface area contributed by atoms with Crippen LogP contribution in [0.4, 0.5) is 0 Å². The molecule has 106 valence electrons. The molecule has 4 heteroatoms. The molecule has 1 atom stereocenters. The van der Waals surface area contributed by atoms with E-state index in [0.717, 1.165) is 16.6 Å². The Morgan fingerprint density at radius 3 is 2.50 bits per heavy atom. The van der Waals surface area contributed by atoms with Gasteiger partial charge in [0.05, 0.1) is 0 Å². The molecule has 3 N–H and O–H groups in total. The molecule has 0 heterocycles. The quantitative estimate of drug-likeness (QED) is 0.471. The van der Waals surface area contributed by atoms with Gasteiger partial charge >= 0.3 is 0 Å². The topological polar surface area (TPSA) is 38.0 Å². The highest BCUT2D eigenvalue weighted by atomic mass is 79.9. The minimum Gasteiger partial charge on any atom is -0.271 e. The fourth-order valence-corrected chi connectivity index (χ4v) is 3.53. The van der Waals surface area contributed by atoms with Crippen molar-refractivity contribution < 1.29 is 0 Å². The fraction of sp³-hybridized carbons (Fsp3) is 0.250. The Kier molecular flexibility index (Phi) is 6.10. The maximum absolute atomic E-state index is 5.68. The van der Waals surface area contributed by atoms with Crippen molar-refractivity contribution in [3.63, 3.8) is 0 Å². The molecule has 0 aliphatic rings. The van der Waals surface area contributed by atoms with Crippen molar-refractivity contribution in [2.45, 2.75) is 24.3 Å². The first-order valence-corrected chi connectivity index (χ1v) is 8.36. The van der Waals surface area contributed by atoms with Crippen LogP contribution < -0.4 is 11.3 Å². The first-order chi connectivity index (χ1) is 9.69. The largest absolute Gasteiger partial charge is 0.271 e. The van der Waals surface area contributed by atoms with Gasteiger partial charge in [-0.1, -0.05) is 42.0 Å². The van der Waals surface area contributed by atoms with Gasteiger partial charge in [-0.05, 0) is 47.0 Å². The standard InChI is InChI=1S/C16H19BrN2S/c1-12-6-8-13(9-7-12)10-14(19-18)11-20-16-5-3-2-4-15(16)17/h2-9,14,19H,10-11,18H2,1H3. The van der Waals surface area contributed by atoms with Gasteiger partial charge in [-0.15, -0.1) is 11.8 Å². The Balaban J connectivity index is 1.92. The number of benzene rings is 2. The van der Waals surface area contributed by atoms with Crippen LogP contribution in [-0.4, -0.2) is 11.8 Å². The molecule has 0 aliphatic carbocycles. The SMILES string of the molecule is Cc1ccc(CC(CSc2ccccc2Br)NN)cc1. The van der Waals surface area contributed by atoms with Crippen molar-refractivity contribution in [3.8, 4) is 0 Å². The summed E-state index contributed by atoms with van der Waals surface area (Å²) in [6.45, 7) is 2.10. The molecule has 0 bridgehead atoms. The van der Waals surface area contributed by atoms with E-state index in [1.165, 1.54) is 16.0 Å². The smallest absolute Gasteiger partial charge is 0.0344 e. The highest BCUT2D eigenvalue weighted by Crippen LogP contribution is 2.27. The van der Waals surface area contributed by atoms with Crippen LogP contribution in [0, 0.1) is 6.92 Å². The number of hydrogen-bond acceptors (Lipinski definition) is 3. The van der Waals surface area contributed by atoms with Crippen LogP contribution >= 0.6 is 27.7 Å². The van der Waals surface area contributed by atoms with Crippen LogP contribution in [0.3, 0.4) is 0 Å². The van der Waals surface area contributed by atoms with E-state index in [1.807, 2.05) is 17.8 Å². The Morgan fingerprint density at radius 1 is 1.15 bits per heavy atom. The number of thioether (sulfide) groups is 1. The number of rotatable bonds is 6. The Bertz CT molecular complexity index is 542. The van der Waals surface area contributed by atoms with Crippen LogP contribution in [-0.2, 0) is 6.42 Å². The maximum Gasteiger partial charge on any atom is 0.0344 e. The molecule has 2 aromatic carbocycles. The minimum absolute atomic E-state index is 0.259. The third-order valence-corrected chi connectivity index (χ3v) is 5.31. The highest BCUT2D eigenvalue weighted by Gasteiger charge is 2.09. The van der Waals surface area contributed by atoms with Gasteiger partial charge < -0.3 is 0 Å². The Hall–Kier alpha value is -0.810. The first-order valence-electron chi connectivity index (χ1n) is 6.58. The van der Waals surface area contributed by atoms with Crippen molar-refractivity contribution >= 4 is 27.7 Å². The second-order valence-corrected chi connectivity index (χ2v) is 6.71. The molecule has 0 saturated carbocycles. The van der Waals surface area contributed by atoms with Crippen LogP contribution in [0.5, 0.6) is 0 Å². The summed E-state index contributed by atoms with van der Waals surface area (Å²) < 4.78 is 1.14. The van der Waals surface area contributed by atoms with E-state index in [2.05, 4.69) is 70.7 Å². The number of nitrogens with one attached hydrogen (secondary N) is 1. The average Bonchev–Trinajstić information content (AvgIpc) is 2.47. The van der Waals surface area contributed by atoms with Gasteiger partial charge in [-0.3, -0.25) is 11.3 Å². The second-order valence-electron chi connectivity index (χ2n) is 4.79. The molecule has 0 fully saturated rings. The van der Waals surface area contributed by atoms with Gasteiger partial charge in [0.25, 0.3) is 0 Å². The summed E-state index contributed by atoms with van der Waals surface area (Å²) in [4.78, 5) is 1.25. The third kappa shape index (κ3) is 4.63. The molecule has 2 nitrogen and oxygen atoms in total. The Labute approximate surface area is 133 Å². The van der Waals surface area contributed by atoms with Crippen molar-refractivity contribution in [1.29, 1.82) is 0 Å². The van der Waals surface area contributed by atoms with Crippen molar-refractivity contribution in [1.82, 2.24) is 5.43 Å². The summed E-state index contributed by atoms with van der Waals surface area (Å²) in [5.41, 5.74) is 5.52. The van der Waals surface area contributed by atoms with E-state index in [-0.39, 0.29) is 6.04 Å². The zero-order valence-electron chi connectivity index (χ0n) is 11.5. The van der Waals surface area contributed by atoms with Crippen molar-refractivity contribution in [2.24, 2.45) is 5.84 Å². The number of aryl methyl sites for hydroxylation is 1. The lowest BCUT2D eigenvalue weighted by Crippen LogP contribution is -2.38. The molecule has 2 rings (SSSR count). The van der Waals surface area contributed by atoms with Crippen molar-refractivity contribution in [2.75, 3.05) is 5.75 Å². The number of nitrogens with two attached hydrogens (primary N) is 1. The van der Waals surface area contributed by atoms with E-state index in [9.17, 15) is 0 Å². The van der Waals surface area contributed by atoms with Crippen LogP contribution in [0.15, 0.2) is 57.9 Å². The van der Waals surface area contributed by atoms with E-state index < -0.39 is 0 Å². The van der Waals surface area contributed by atoms with Gasteiger partial charge in [-0.2, -0.15) is 0 Å². The van der Waals surface area contributed by atoms with Crippen LogP contribution in [0.1, 0.15) is 11.1 Å². The number of hydrazine groups is 1. The molecule has 0 saturated heterocycles. The van der Waals surface area contributed by atoms with Gasteiger partial charge in [0.1, 0.15) is 0 Å². The highest BCUT2D eigenvalue weighted by molar-refractivity contribution is 9.10. The van der Waals surface area contributed by atoms with Gasteiger partial charge in [0.2, 0.25) is 0 Å². The van der Waals surface area contributed by atoms with Gasteiger partial charge in [0, 0.05) is 21.2 Å². The Morgan fingerprint density at radius 2 is 1.85 bits per heavy atom. The molecule has 2 aromatic rings. The summed E-state index contributed by atoms with van der Waals surface area (Å²) in [5.74, 6) is 6.62. The van der Waals surface area contributed by atoms with Gasteiger partial charge in [0.15, 0.2) is 0 Å². The zero-order chi connectivity index (χ0) is 14.4. The second kappa shape index (κ2) is 7.84. The van der Waals surface area contributed by atoms with E-state index in [1.54, 1.807) is 0 Å². The van der Waals surface area contributed by atoms with E-state index in [0.29, 0.717) is 0 Å². The minimum atomic E-state index is 0.259. The maximum atomic E-state index is 5.68. The molecule has 1 unspecified atom stereocenters. The lowest BCUT2D eigenvalue weighted by molar-refractivity contribution is 0.575. The monoisotopic (exact) mass is 350 g/mol. The average molecular weight is 351 g/mol. The molecule has 0 amide bonds. The molecule has 20 heavy (non-hydrogen) atoms. The van der Waals surface area contributed by atoms with E-state index in [4.69, 9.17) is 5.84 Å². The van der Waals surface area contributed by atoms with Crippen molar-refractivity contribution in [3.05, 3.63) is 64.1 Å². The first kappa shape index (κ1) is 15.6. The molecule has 0 radical (unpaired) electrons. The predicted molar refractivity (Wildman–Crippen MR) is 90.9 cm³/mol. The molecule has 0 spiro atoms. The number of hydrogen-bond donors (Lipinski definition) is 2. The molecule has 0 aliphatic heterocycles. The summed E-state index contributed by atoms with van der Waals surface area (Å²) in [7, 11) is 0. The molecular formula is C16H19BrN2S.